The van der Waals surface area contributed by atoms with Crippen LogP contribution in [0.25, 0.3) is 11.3 Å². The third-order valence-corrected chi connectivity index (χ3v) is 5.58. The first-order chi connectivity index (χ1) is 13.5. The summed E-state index contributed by atoms with van der Waals surface area (Å²) in [5.74, 6) is 1.70. The van der Waals surface area contributed by atoms with Gasteiger partial charge in [0.05, 0.1) is 23.0 Å². The van der Waals surface area contributed by atoms with Gasteiger partial charge in [-0.3, -0.25) is 9.88 Å². The van der Waals surface area contributed by atoms with Crippen molar-refractivity contribution in [2.24, 2.45) is 0 Å². The zero-order valence-electron chi connectivity index (χ0n) is 17.1. The van der Waals surface area contributed by atoms with Crippen LogP contribution in [0.2, 0.25) is 0 Å². The number of nitrogens with zero attached hydrogens (tertiary/aromatic N) is 5. The van der Waals surface area contributed by atoms with E-state index in [1.165, 1.54) is 24.0 Å². The van der Waals surface area contributed by atoms with Gasteiger partial charge in [-0.15, -0.1) is 0 Å². The molecule has 0 aromatic carbocycles. The highest BCUT2D eigenvalue weighted by Crippen LogP contribution is 2.33. The van der Waals surface area contributed by atoms with Gasteiger partial charge >= 0.3 is 0 Å². The molecule has 1 aliphatic rings. The minimum atomic E-state index is 0.223. The molecule has 6 heteroatoms. The molecular formula is C22H27N5O. The standard InChI is InChI=1S/C22H27N5O/c1-14-12-23-9-8-18(14)13-27-10-6-5-7-20(27)22-24-15(2)11-19(25-22)21-16(3)26-28-17(21)4/h8-9,11-12,20H,5-7,10,13H2,1-4H3/t20-/m1/s1. The Morgan fingerprint density at radius 2 is 2.00 bits per heavy atom. The average Bonchev–Trinajstić information content (AvgIpc) is 3.02. The SMILES string of the molecule is Cc1cc(-c2c(C)noc2C)nc([C@H]2CCCCN2Cc2ccncc2C)n1. The zero-order valence-corrected chi connectivity index (χ0v) is 17.1. The summed E-state index contributed by atoms with van der Waals surface area (Å²) in [6, 6.07) is 4.37. The molecule has 0 unspecified atom stereocenters. The van der Waals surface area contributed by atoms with E-state index in [4.69, 9.17) is 14.5 Å². The van der Waals surface area contributed by atoms with Crippen LogP contribution in [0.1, 0.15) is 59.4 Å². The maximum absolute atomic E-state index is 5.36. The van der Waals surface area contributed by atoms with Gasteiger partial charge in [-0.1, -0.05) is 11.6 Å². The predicted octanol–water partition coefficient (Wildman–Crippen LogP) is 4.49. The van der Waals surface area contributed by atoms with Crippen LogP contribution in [0.5, 0.6) is 0 Å². The molecule has 0 radical (unpaired) electrons. The van der Waals surface area contributed by atoms with E-state index in [1.807, 2.05) is 39.2 Å². The first-order valence-electron chi connectivity index (χ1n) is 9.95. The Hall–Kier alpha value is -2.60. The molecule has 6 nitrogen and oxygen atoms in total. The predicted molar refractivity (Wildman–Crippen MR) is 108 cm³/mol. The van der Waals surface area contributed by atoms with E-state index >= 15 is 0 Å². The molecule has 4 rings (SSSR count). The fourth-order valence-electron chi connectivity index (χ4n) is 4.09. The largest absolute Gasteiger partial charge is 0.361 e. The molecule has 0 N–H and O–H groups in total. The van der Waals surface area contributed by atoms with Crippen molar-refractivity contribution in [3.63, 3.8) is 0 Å². The number of hydrogen-bond donors (Lipinski definition) is 0. The minimum absolute atomic E-state index is 0.223. The van der Waals surface area contributed by atoms with Crippen LogP contribution in [0.15, 0.2) is 29.0 Å². The molecule has 3 aromatic rings. The number of aryl methyl sites for hydroxylation is 4. The maximum atomic E-state index is 5.36. The van der Waals surface area contributed by atoms with Crippen LogP contribution in [-0.4, -0.2) is 31.6 Å². The van der Waals surface area contributed by atoms with Crippen molar-refractivity contribution in [1.29, 1.82) is 0 Å². The highest BCUT2D eigenvalue weighted by atomic mass is 16.5. The molecule has 0 saturated carbocycles. The topological polar surface area (TPSA) is 67.9 Å². The van der Waals surface area contributed by atoms with Gasteiger partial charge in [-0.2, -0.15) is 0 Å². The van der Waals surface area contributed by atoms with Gasteiger partial charge in [0.15, 0.2) is 0 Å². The molecule has 3 aromatic heterocycles. The molecule has 0 aliphatic carbocycles. The Kier molecular flexibility index (Phi) is 5.22. The van der Waals surface area contributed by atoms with Crippen molar-refractivity contribution < 1.29 is 4.52 Å². The fraction of sp³-hybridized carbons (Fsp3) is 0.455. The van der Waals surface area contributed by atoms with E-state index in [-0.39, 0.29) is 6.04 Å². The lowest BCUT2D eigenvalue weighted by Gasteiger charge is -2.35. The molecular weight excluding hydrogens is 350 g/mol. The first kappa shape index (κ1) is 18.7. The Morgan fingerprint density at radius 3 is 2.75 bits per heavy atom. The summed E-state index contributed by atoms with van der Waals surface area (Å²) >= 11 is 0. The number of rotatable bonds is 4. The maximum Gasteiger partial charge on any atom is 0.146 e. The summed E-state index contributed by atoms with van der Waals surface area (Å²) in [4.78, 5) is 16.5. The summed E-state index contributed by atoms with van der Waals surface area (Å²) < 4.78 is 5.36. The van der Waals surface area contributed by atoms with Gasteiger partial charge in [-0.05, 0) is 70.3 Å². The van der Waals surface area contributed by atoms with Crippen LogP contribution in [0.3, 0.4) is 0 Å². The van der Waals surface area contributed by atoms with Gasteiger partial charge in [0.2, 0.25) is 0 Å². The lowest BCUT2D eigenvalue weighted by molar-refractivity contribution is 0.133. The fourth-order valence-corrected chi connectivity index (χ4v) is 4.09. The smallest absolute Gasteiger partial charge is 0.146 e. The Labute approximate surface area is 166 Å². The summed E-state index contributed by atoms with van der Waals surface area (Å²) in [5.41, 5.74) is 6.29. The molecule has 1 saturated heterocycles. The number of hydrogen-bond acceptors (Lipinski definition) is 6. The number of piperidine rings is 1. The van der Waals surface area contributed by atoms with E-state index in [1.54, 1.807) is 0 Å². The average molecular weight is 377 g/mol. The third-order valence-electron chi connectivity index (χ3n) is 5.58. The Balaban J connectivity index is 1.69. The van der Waals surface area contributed by atoms with Gasteiger partial charge in [0.25, 0.3) is 0 Å². The van der Waals surface area contributed by atoms with Gasteiger partial charge in [0, 0.05) is 24.6 Å². The number of likely N-dealkylation sites (tertiary alicyclic amines) is 1. The second-order valence-electron chi connectivity index (χ2n) is 7.74. The molecule has 0 spiro atoms. The molecule has 1 atom stereocenters. The van der Waals surface area contributed by atoms with E-state index in [0.717, 1.165) is 53.7 Å². The van der Waals surface area contributed by atoms with Crippen molar-refractivity contribution in [2.45, 2.75) is 59.5 Å². The minimum Gasteiger partial charge on any atom is -0.361 e. The molecule has 1 aliphatic heterocycles. The van der Waals surface area contributed by atoms with Gasteiger partial charge in [-0.25, -0.2) is 9.97 Å². The first-order valence-corrected chi connectivity index (χ1v) is 9.95. The highest BCUT2D eigenvalue weighted by Gasteiger charge is 2.28. The van der Waals surface area contributed by atoms with Crippen LogP contribution in [0.4, 0.5) is 0 Å². The second-order valence-corrected chi connectivity index (χ2v) is 7.74. The highest BCUT2D eigenvalue weighted by molar-refractivity contribution is 5.63. The second kappa shape index (κ2) is 7.80. The molecule has 0 bridgehead atoms. The molecule has 4 heterocycles. The van der Waals surface area contributed by atoms with Crippen molar-refractivity contribution >= 4 is 0 Å². The van der Waals surface area contributed by atoms with E-state index in [9.17, 15) is 0 Å². The van der Waals surface area contributed by atoms with Crippen molar-refractivity contribution in [1.82, 2.24) is 25.0 Å². The van der Waals surface area contributed by atoms with Crippen LogP contribution < -0.4 is 0 Å². The van der Waals surface area contributed by atoms with Gasteiger partial charge < -0.3 is 4.52 Å². The Morgan fingerprint density at radius 1 is 1.14 bits per heavy atom. The molecule has 146 valence electrons. The van der Waals surface area contributed by atoms with Gasteiger partial charge in [0.1, 0.15) is 11.6 Å². The molecule has 28 heavy (non-hydrogen) atoms. The lowest BCUT2D eigenvalue weighted by Crippen LogP contribution is -2.34. The van der Waals surface area contributed by atoms with Crippen molar-refractivity contribution in [2.75, 3.05) is 6.54 Å². The Bertz CT molecular complexity index is 961. The summed E-state index contributed by atoms with van der Waals surface area (Å²) in [7, 11) is 0. The molecule has 1 fully saturated rings. The van der Waals surface area contributed by atoms with Crippen molar-refractivity contribution in [3.8, 4) is 11.3 Å². The molecule has 0 amide bonds. The number of aromatic nitrogens is 4. The van der Waals surface area contributed by atoms with Crippen molar-refractivity contribution in [3.05, 3.63) is 58.6 Å². The quantitative estimate of drug-likeness (QED) is 0.667. The van der Waals surface area contributed by atoms with Crippen LogP contribution in [-0.2, 0) is 6.54 Å². The normalized spacial score (nSPS) is 17.8. The summed E-state index contributed by atoms with van der Waals surface area (Å²) in [6.07, 6.45) is 7.30. The summed E-state index contributed by atoms with van der Waals surface area (Å²) in [5, 5.41) is 4.09. The number of pyridine rings is 1. The lowest BCUT2D eigenvalue weighted by atomic mass is 9.99. The van der Waals surface area contributed by atoms with E-state index < -0.39 is 0 Å². The van der Waals surface area contributed by atoms with E-state index in [2.05, 4.69) is 28.0 Å². The van der Waals surface area contributed by atoms with E-state index in [0.29, 0.717) is 0 Å². The summed E-state index contributed by atoms with van der Waals surface area (Å²) in [6.45, 7) is 10.0. The zero-order chi connectivity index (χ0) is 19.7. The van der Waals surface area contributed by atoms with Crippen LogP contribution >= 0.6 is 0 Å². The van der Waals surface area contributed by atoms with Crippen LogP contribution in [0, 0.1) is 27.7 Å². The third kappa shape index (κ3) is 3.69. The monoisotopic (exact) mass is 377 g/mol.